The molecule has 1 amide bonds. The first-order valence-corrected chi connectivity index (χ1v) is 5.85. The maximum Gasteiger partial charge on any atom is 0.339 e. The number of rotatable bonds is 6. The zero-order valence-corrected chi connectivity index (χ0v) is 10.7. The molecule has 0 aliphatic heterocycles. The summed E-state index contributed by atoms with van der Waals surface area (Å²) >= 11 is 5.84. The lowest BCUT2D eigenvalue weighted by Gasteiger charge is -2.10. The van der Waals surface area contributed by atoms with Crippen LogP contribution in [0.25, 0.3) is 0 Å². The van der Waals surface area contributed by atoms with E-state index in [1.54, 1.807) is 0 Å². The summed E-state index contributed by atoms with van der Waals surface area (Å²) in [5.41, 5.74) is -0.0641. The fourth-order valence-electron chi connectivity index (χ4n) is 1.28. The van der Waals surface area contributed by atoms with Crippen molar-refractivity contribution in [3.8, 4) is 5.75 Å². The van der Waals surface area contributed by atoms with Crippen LogP contribution in [0.15, 0.2) is 18.2 Å². The number of nitrogens with one attached hydrogen (secondary N) is 1. The Morgan fingerprint density at radius 3 is 2.78 bits per heavy atom. The summed E-state index contributed by atoms with van der Waals surface area (Å²) in [5, 5.41) is 11.7. The topological polar surface area (TPSA) is 75.6 Å². The van der Waals surface area contributed by atoms with E-state index in [1.807, 2.05) is 6.92 Å². The van der Waals surface area contributed by atoms with Crippen molar-refractivity contribution >= 4 is 23.5 Å². The average Bonchev–Trinajstić information content (AvgIpc) is 2.34. The van der Waals surface area contributed by atoms with E-state index >= 15 is 0 Å². The van der Waals surface area contributed by atoms with E-state index in [9.17, 15) is 9.59 Å². The molecule has 0 heterocycles. The summed E-state index contributed by atoms with van der Waals surface area (Å²) in [6.45, 7) is 2.22. The first-order chi connectivity index (χ1) is 8.56. The molecule has 0 bridgehead atoms. The largest absolute Gasteiger partial charge is 0.481 e. The third kappa shape index (κ3) is 3.92. The van der Waals surface area contributed by atoms with Gasteiger partial charge in [-0.1, -0.05) is 24.6 Å². The molecule has 0 saturated heterocycles. The summed E-state index contributed by atoms with van der Waals surface area (Å²) in [4.78, 5) is 22.3. The van der Waals surface area contributed by atoms with Gasteiger partial charge >= 0.3 is 5.97 Å². The quantitative estimate of drug-likeness (QED) is 0.829. The molecular formula is C12H14ClNO4. The third-order valence-electron chi connectivity index (χ3n) is 2.12. The van der Waals surface area contributed by atoms with Crippen molar-refractivity contribution in [2.75, 3.05) is 13.2 Å². The van der Waals surface area contributed by atoms with E-state index in [2.05, 4.69) is 5.32 Å². The van der Waals surface area contributed by atoms with Crippen molar-refractivity contribution in [2.45, 2.75) is 13.3 Å². The number of carboxylic acids is 1. The Bertz CT molecular complexity index is 448. The summed E-state index contributed by atoms with van der Waals surface area (Å²) in [7, 11) is 0. The van der Waals surface area contributed by atoms with Gasteiger partial charge in [0.05, 0.1) is 5.02 Å². The third-order valence-corrected chi connectivity index (χ3v) is 2.41. The van der Waals surface area contributed by atoms with Gasteiger partial charge in [0.15, 0.2) is 12.4 Å². The van der Waals surface area contributed by atoms with Crippen LogP contribution in [-0.2, 0) is 4.79 Å². The predicted molar refractivity (Wildman–Crippen MR) is 67.2 cm³/mol. The molecule has 6 heteroatoms. The van der Waals surface area contributed by atoms with Gasteiger partial charge in [0.1, 0.15) is 5.56 Å². The van der Waals surface area contributed by atoms with Crippen LogP contribution >= 0.6 is 11.6 Å². The van der Waals surface area contributed by atoms with Gasteiger partial charge in [-0.2, -0.15) is 0 Å². The van der Waals surface area contributed by atoms with Crippen LogP contribution in [0.2, 0.25) is 5.02 Å². The molecule has 0 fully saturated rings. The zero-order chi connectivity index (χ0) is 13.5. The molecule has 0 aromatic heterocycles. The molecule has 98 valence electrons. The Hall–Kier alpha value is -1.75. The number of para-hydroxylation sites is 1. The maximum atomic E-state index is 11.3. The highest BCUT2D eigenvalue weighted by Gasteiger charge is 2.15. The monoisotopic (exact) mass is 271 g/mol. The van der Waals surface area contributed by atoms with E-state index < -0.39 is 5.97 Å². The highest BCUT2D eigenvalue weighted by Crippen LogP contribution is 2.28. The number of carbonyl (C=O) groups is 2. The molecule has 0 atom stereocenters. The molecule has 1 aromatic rings. The van der Waals surface area contributed by atoms with Gasteiger partial charge in [-0.3, -0.25) is 4.79 Å². The van der Waals surface area contributed by atoms with Gasteiger partial charge in [0.2, 0.25) is 0 Å². The number of carboxylic acid groups (broad SMARTS) is 1. The van der Waals surface area contributed by atoms with Crippen molar-refractivity contribution in [3.05, 3.63) is 28.8 Å². The molecule has 0 spiro atoms. The minimum atomic E-state index is -1.15. The zero-order valence-electron chi connectivity index (χ0n) is 9.90. The van der Waals surface area contributed by atoms with Crippen LogP contribution in [0.3, 0.4) is 0 Å². The number of amides is 1. The van der Waals surface area contributed by atoms with Gasteiger partial charge in [0, 0.05) is 6.54 Å². The normalized spacial score (nSPS) is 9.89. The van der Waals surface area contributed by atoms with Gasteiger partial charge < -0.3 is 15.2 Å². The fourth-order valence-corrected chi connectivity index (χ4v) is 1.51. The molecule has 0 aliphatic rings. The van der Waals surface area contributed by atoms with Gasteiger partial charge in [-0.25, -0.2) is 4.79 Å². The first kappa shape index (κ1) is 14.3. The number of hydrogen-bond acceptors (Lipinski definition) is 3. The minimum Gasteiger partial charge on any atom is -0.481 e. The van der Waals surface area contributed by atoms with Crippen LogP contribution in [0.4, 0.5) is 0 Å². The van der Waals surface area contributed by atoms with Crippen molar-refractivity contribution in [1.82, 2.24) is 5.32 Å². The molecule has 18 heavy (non-hydrogen) atoms. The molecule has 0 radical (unpaired) electrons. The highest BCUT2D eigenvalue weighted by atomic mass is 35.5. The molecule has 0 unspecified atom stereocenters. The molecule has 1 aromatic carbocycles. The number of aromatic carboxylic acids is 1. The van der Waals surface area contributed by atoms with Crippen LogP contribution in [-0.4, -0.2) is 30.1 Å². The van der Waals surface area contributed by atoms with Crippen LogP contribution < -0.4 is 10.1 Å². The fraction of sp³-hybridized carbons (Fsp3) is 0.333. The van der Waals surface area contributed by atoms with E-state index in [0.717, 1.165) is 6.42 Å². The Morgan fingerprint density at radius 1 is 1.44 bits per heavy atom. The molecule has 0 aliphatic carbocycles. The van der Waals surface area contributed by atoms with Crippen LogP contribution in [0.5, 0.6) is 5.75 Å². The Morgan fingerprint density at radius 2 is 2.17 bits per heavy atom. The van der Waals surface area contributed by atoms with Crippen LogP contribution in [0.1, 0.15) is 23.7 Å². The number of hydrogen-bond donors (Lipinski definition) is 2. The standard InChI is InChI=1S/C12H14ClNO4/c1-2-6-14-10(15)7-18-11-8(12(16)17)4-3-5-9(11)13/h3-5H,2,6-7H2,1H3,(H,14,15)(H,16,17). The first-order valence-electron chi connectivity index (χ1n) is 5.47. The Kier molecular flexibility index (Phi) is 5.45. The number of carbonyl (C=O) groups excluding carboxylic acids is 1. The van der Waals surface area contributed by atoms with E-state index in [0.29, 0.717) is 6.54 Å². The Balaban J connectivity index is 2.72. The van der Waals surface area contributed by atoms with Crippen molar-refractivity contribution < 1.29 is 19.4 Å². The van der Waals surface area contributed by atoms with E-state index in [4.69, 9.17) is 21.4 Å². The molecular weight excluding hydrogens is 258 g/mol. The lowest BCUT2D eigenvalue weighted by Crippen LogP contribution is -2.29. The smallest absolute Gasteiger partial charge is 0.339 e. The second kappa shape index (κ2) is 6.86. The second-order valence-corrected chi connectivity index (χ2v) is 3.97. The summed E-state index contributed by atoms with van der Waals surface area (Å²) in [5.74, 6) is -1.45. The predicted octanol–water partition coefficient (Wildman–Crippen LogP) is 1.94. The number of halogens is 1. The Labute approximate surface area is 110 Å². The van der Waals surface area contributed by atoms with Gasteiger partial charge in [0.25, 0.3) is 5.91 Å². The van der Waals surface area contributed by atoms with E-state index in [1.165, 1.54) is 18.2 Å². The van der Waals surface area contributed by atoms with Crippen LogP contribution in [0, 0.1) is 0 Å². The highest BCUT2D eigenvalue weighted by molar-refractivity contribution is 6.32. The number of ether oxygens (including phenoxy) is 1. The van der Waals surface area contributed by atoms with Crippen molar-refractivity contribution in [2.24, 2.45) is 0 Å². The number of benzene rings is 1. The van der Waals surface area contributed by atoms with Gasteiger partial charge in [-0.05, 0) is 18.6 Å². The lowest BCUT2D eigenvalue weighted by molar-refractivity contribution is -0.123. The summed E-state index contributed by atoms with van der Waals surface area (Å²) in [6, 6.07) is 4.39. The van der Waals surface area contributed by atoms with E-state index in [-0.39, 0.29) is 28.8 Å². The average molecular weight is 272 g/mol. The molecule has 2 N–H and O–H groups in total. The van der Waals surface area contributed by atoms with Crippen molar-refractivity contribution in [1.29, 1.82) is 0 Å². The van der Waals surface area contributed by atoms with Gasteiger partial charge in [-0.15, -0.1) is 0 Å². The molecule has 0 saturated carbocycles. The lowest BCUT2D eigenvalue weighted by atomic mass is 10.2. The summed E-state index contributed by atoms with van der Waals surface area (Å²) < 4.78 is 5.16. The SMILES string of the molecule is CCCNC(=O)COc1c(Cl)cccc1C(=O)O. The van der Waals surface area contributed by atoms with Crippen molar-refractivity contribution in [3.63, 3.8) is 0 Å². The second-order valence-electron chi connectivity index (χ2n) is 3.56. The maximum absolute atomic E-state index is 11.3. The molecule has 1 rings (SSSR count). The minimum absolute atomic E-state index is 0.0123. The summed E-state index contributed by atoms with van der Waals surface area (Å²) in [6.07, 6.45) is 0.818. The molecule has 5 nitrogen and oxygen atoms in total.